The van der Waals surface area contributed by atoms with Gasteiger partial charge in [-0.25, -0.2) is 0 Å². The largest absolute Gasteiger partial charge is 0.461 e. The Bertz CT molecular complexity index is 357. The number of ether oxygens (including phenoxy) is 2. The lowest BCUT2D eigenvalue weighted by atomic mass is 10.1. The van der Waals surface area contributed by atoms with Crippen LogP contribution in [0.1, 0.15) is 25.8 Å². The quantitative estimate of drug-likeness (QED) is 0.752. The highest BCUT2D eigenvalue weighted by molar-refractivity contribution is 5.59. The van der Waals surface area contributed by atoms with Gasteiger partial charge in [0.25, 0.3) is 0 Å². The van der Waals surface area contributed by atoms with E-state index in [2.05, 4.69) is 13.8 Å². The highest BCUT2D eigenvalue weighted by Gasteiger charge is 2.16. The minimum Gasteiger partial charge on any atom is -0.461 e. The minimum atomic E-state index is -0.241. The SMILES string of the molecule is CCC(C)OC1C=Cc2ccccc2O1. The van der Waals surface area contributed by atoms with Gasteiger partial charge in [0.05, 0.1) is 6.10 Å². The van der Waals surface area contributed by atoms with Gasteiger partial charge in [-0.2, -0.15) is 0 Å². The van der Waals surface area contributed by atoms with Crippen molar-refractivity contribution in [3.05, 3.63) is 35.9 Å². The van der Waals surface area contributed by atoms with Crippen LogP contribution in [0.15, 0.2) is 30.3 Å². The Labute approximate surface area is 90.5 Å². The fraction of sp³-hybridized carbons (Fsp3) is 0.385. The van der Waals surface area contributed by atoms with Crippen LogP contribution in [0.25, 0.3) is 6.08 Å². The van der Waals surface area contributed by atoms with E-state index in [-0.39, 0.29) is 12.4 Å². The van der Waals surface area contributed by atoms with Crippen LogP contribution in [0.5, 0.6) is 5.75 Å². The van der Waals surface area contributed by atoms with E-state index in [1.165, 1.54) is 0 Å². The Balaban J connectivity index is 2.06. The summed E-state index contributed by atoms with van der Waals surface area (Å²) in [6, 6.07) is 7.97. The van der Waals surface area contributed by atoms with E-state index in [4.69, 9.17) is 9.47 Å². The standard InChI is InChI=1S/C13H16O2/c1-3-10(2)14-13-9-8-11-6-4-5-7-12(11)15-13/h4-10,13H,3H2,1-2H3. The molecule has 2 rings (SSSR count). The van der Waals surface area contributed by atoms with Gasteiger partial charge >= 0.3 is 0 Å². The molecule has 15 heavy (non-hydrogen) atoms. The molecule has 0 amide bonds. The zero-order chi connectivity index (χ0) is 10.7. The Kier molecular flexibility index (Phi) is 3.07. The highest BCUT2D eigenvalue weighted by Crippen LogP contribution is 2.26. The summed E-state index contributed by atoms with van der Waals surface area (Å²) in [5.41, 5.74) is 1.11. The molecule has 0 radical (unpaired) electrons. The zero-order valence-corrected chi connectivity index (χ0v) is 9.14. The molecule has 1 aliphatic rings. The van der Waals surface area contributed by atoms with Crippen molar-refractivity contribution in [3.8, 4) is 5.75 Å². The van der Waals surface area contributed by atoms with Gasteiger partial charge < -0.3 is 9.47 Å². The van der Waals surface area contributed by atoms with E-state index in [0.717, 1.165) is 17.7 Å². The first-order chi connectivity index (χ1) is 7.29. The number of fused-ring (bicyclic) bond motifs is 1. The van der Waals surface area contributed by atoms with Crippen LogP contribution in [0.2, 0.25) is 0 Å². The van der Waals surface area contributed by atoms with Crippen LogP contribution in [0.4, 0.5) is 0 Å². The van der Waals surface area contributed by atoms with E-state index in [9.17, 15) is 0 Å². The second kappa shape index (κ2) is 4.49. The molecule has 0 aromatic heterocycles. The molecule has 80 valence electrons. The molecule has 0 saturated heterocycles. The molecule has 2 heteroatoms. The van der Waals surface area contributed by atoms with Gasteiger partial charge in [0, 0.05) is 5.56 Å². The van der Waals surface area contributed by atoms with Crippen molar-refractivity contribution in [1.29, 1.82) is 0 Å². The predicted molar refractivity (Wildman–Crippen MR) is 60.7 cm³/mol. The molecule has 2 unspecified atom stereocenters. The Morgan fingerprint density at radius 1 is 1.40 bits per heavy atom. The van der Waals surface area contributed by atoms with E-state index >= 15 is 0 Å². The summed E-state index contributed by atoms with van der Waals surface area (Å²) in [7, 11) is 0. The van der Waals surface area contributed by atoms with E-state index in [1.54, 1.807) is 0 Å². The second-order valence-electron chi connectivity index (χ2n) is 3.74. The molecule has 2 nitrogen and oxygen atoms in total. The van der Waals surface area contributed by atoms with Gasteiger partial charge in [-0.1, -0.05) is 25.1 Å². The minimum absolute atomic E-state index is 0.227. The fourth-order valence-corrected chi connectivity index (χ4v) is 1.47. The summed E-state index contributed by atoms with van der Waals surface area (Å²) in [6.07, 6.45) is 4.98. The number of hydrogen-bond acceptors (Lipinski definition) is 2. The Morgan fingerprint density at radius 3 is 3.00 bits per heavy atom. The van der Waals surface area contributed by atoms with Crippen LogP contribution in [-0.4, -0.2) is 12.4 Å². The summed E-state index contributed by atoms with van der Waals surface area (Å²) in [5, 5.41) is 0. The second-order valence-corrected chi connectivity index (χ2v) is 3.74. The zero-order valence-electron chi connectivity index (χ0n) is 9.14. The van der Waals surface area contributed by atoms with Crippen molar-refractivity contribution in [1.82, 2.24) is 0 Å². The lowest BCUT2D eigenvalue weighted by molar-refractivity contribution is -0.0843. The Hall–Kier alpha value is -1.28. The van der Waals surface area contributed by atoms with Crippen molar-refractivity contribution >= 4 is 6.08 Å². The molecule has 0 saturated carbocycles. The van der Waals surface area contributed by atoms with E-state index < -0.39 is 0 Å². The number of rotatable bonds is 3. The van der Waals surface area contributed by atoms with Gasteiger partial charge in [-0.3, -0.25) is 0 Å². The summed E-state index contributed by atoms with van der Waals surface area (Å²) < 4.78 is 11.4. The van der Waals surface area contributed by atoms with Crippen molar-refractivity contribution in [2.45, 2.75) is 32.7 Å². The predicted octanol–water partition coefficient (Wildman–Crippen LogP) is 3.23. The average Bonchev–Trinajstić information content (AvgIpc) is 2.29. The molecule has 1 aliphatic heterocycles. The molecule has 0 N–H and O–H groups in total. The molecule has 1 heterocycles. The number of para-hydroxylation sites is 1. The van der Waals surface area contributed by atoms with E-state index in [0.29, 0.717) is 0 Å². The number of benzene rings is 1. The highest BCUT2D eigenvalue weighted by atomic mass is 16.7. The molecule has 0 aliphatic carbocycles. The first-order valence-electron chi connectivity index (χ1n) is 5.39. The van der Waals surface area contributed by atoms with Crippen molar-refractivity contribution < 1.29 is 9.47 Å². The van der Waals surface area contributed by atoms with E-state index in [1.807, 2.05) is 36.4 Å². The van der Waals surface area contributed by atoms with Crippen LogP contribution in [0, 0.1) is 0 Å². The summed E-state index contributed by atoms with van der Waals surface area (Å²) in [6.45, 7) is 4.16. The summed E-state index contributed by atoms with van der Waals surface area (Å²) >= 11 is 0. The van der Waals surface area contributed by atoms with Crippen LogP contribution < -0.4 is 4.74 Å². The molecule has 0 bridgehead atoms. The van der Waals surface area contributed by atoms with Gasteiger partial charge in [0.2, 0.25) is 6.29 Å². The maximum absolute atomic E-state index is 5.70. The Morgan fingerprint density at radius 2 is 2.20 bits per heavy atom. The van der Waals surface area contributed by atoms with Crippen molar-refractivity contribution in [2.75, 3.05) is 0 Å². The smallest absolute Gasteiger partial charge is 0.220 e. The molecule has 2 atom stereocenters. The molecule has 1 aromatic carbocycles. The topological polar surface area (TPSA) is 18.5 Å². The van der Waals surface area contributed by atoms with Gasteiger partial charge in [0.15, 0.2) is 0 Å². The molecule has 0 fully saturated rings. The normalized spacial score (nSPS) is 20.5. The third-order valence-corrected chi connectivity index (χ3v) is 2.54. The summed E-state index contributed by atoms with van der Waals surface area (Å²) in [5.74, 6) is 0.897. The maximum Gasteiger partial charge on any atom is 0.220 e. The molecular formula is C13H16O2. The summed E-state index contributed by atoms with van der Waals surface area (Å²) in [4.78, 5) is 0. The van der Waals surface area contributed by atoms with Crippen LogP contribution in [0.3, 0.4) is 0 Å². The average molecular weight is 204 g/mol. The molecule has 0 spiro atoms. The van der Waals surface area contributed by atoms with Gasteiger partial charge in [0.1, 0.15) is 5.75 Å². The lowest BCUT2D eigenvalue weighted by Crippen LogP contribution is -2.25. The lowest BCUT2D eigenvalue weighted by Gasteiger charge is -2.24. The van der Waals surface area contributed by atoms with Crippen molar-refractivity contribution in [3.63, 3.8) is 0 Å². The monoisotopic (exact) mass is 204 g/mol. The van der Waals surface area contributed by atoms with Gasteiger partial charge in [-0.15, -0.1) is 0 Å². The molecule has 1 aromatic rings. The van der Waals surface area contributed by atoms with Crippen LogP contribution >= 0.6 is 0 Å². The van der Waals surface area contributed by atoms with Crippen LogP contribution in [-0.2, 0) is 4.74 Å². The van der Waals surface area contributed by atoms with Crippen molar-refractivity contribution in [2.24, 2.45) is 0 Å². The third-order valence-electron chi connectivity index (χ3n) is 2.54. The number of hydrogen-bond donors (Lipinski definition) is 0. The fourth-order valence-electron chi connectivity index (χ4n) is 1.47. The molecular weight excluding hydrogens is 188 g/mol. The third kappa shape index (κ3) is 2.39. The van der Waals surface area contributed by atoms with Gasteiger partial charge in [-0.05, 0) is 31.6 Å². The maximum atomic E-state index is 5.70. The first-order valence-corrected chi connectivity index (χ1v) is 5.39. The first kappa shape index (κ1) is 10.2.